The van der Waals surface area contributed by atoms with Crippen LogP contribution in [0, 0.1) is 0 Å². The summed E-state index contributed by atoms with van der Waals surface area (Å²) in [4.78, 5) is 11.3. The van der Waals surface area contributed by atoms with Crippen molar-refractivity contribution >= 4 is 37.1 Å². The first kappa shape index (κ1) is 8.75. The Morgan fingerprint density at radius 3 is 2.46 bits per heavy atom. The van der Waals surface area contributed by atoms with Gasteiger partial charge in [0.1, 0.15) is 0 Å². The Morgan fingerprint density at radius 2 is 1.69 bits per heavy atom. The zero-order valence-electron chi connectivity index (χ0n) is 6.95. The average molecular weight is 274 g/mol. The van der Waals surface area contributed by atoms with Gasteiger partial charge in [0, 0.05) is 0 Å². The second-order valence-corrected chi connectivity index (χ2v) is 4.15. The monoisotopic (exact) mass is 275 g/mol. The summed E-state index contributed by atoms with van der Waals surface area (Å²) in [5.41, 5.74) is 0.844. The van der Waals surface area contributed by atoms with E-state index in [4.69, 9.17) is 0 Å². The third kappa shape index (κ3) is 1.61. The van der Waals surface area contributed by atoms with Gasteiger partial charge in [0.2, 0.25) is 0 Å². The van der Waals surface area contributed by atoms with Crippen LogP contribution in [0.25, 0.3) is 10.8 Å². The fourth-order valence-electron chi connectivity index (χ4n) is 1.42. The van der Waals surface area contributed by atoms with Crippen molar-refractivity contribution in [2.45, 2.75) is 0 Å². The van der Waals surface area contributed by atoms with Crippen molar-refractivity contribution in [1.82, 2.24) is 0 Å². The van der Waals surface area contributed by atoms with Crippen LogP contribution < -0.4 is 0 Å². The quantitative estimate of drug-likeness (QED) is 0.728. The van der Waals surface area contributed by atoms with Crippen LogP contribution in [0.1, 0.15) is 10.4 Å². The molecule has 0 unspecified atom stereocenters. The molecule has 0 amide bonds. The van der Waals surface area contributed by atoms with Crippen molar-refractivity contribution < 1.29 is 4.79 Å². The normalized spacial score (nSPS) is 10.2. The molecule has 0 saturated heterocycles. The van der Waals surface area contributed by atoms with Gasteiger partial charge in [0.25, 0.3) is 0 Å². The number of fused-ring (bicyclic) bond motifs is 1. The van der Waals surface area contributed by atoms with E-state index >= 15 is 0 Å². The Kier molecular flexibility index (Phi) is 2.36. The molecule has 61 valence electrons. The Morgan fingerprint density at radius 1 is 1.00 bits per heavy atom. The van der Waals surface area contributed by atoms with Gasteiger partial charge in [-0.3, -0.25) is 0 Å². The number of rotatable bonds is 1. The summed E-state index contributed by atoms with van der Waals surface area (Å²) in [5.74, 6) is 0. The van der Waals surface area contributed by atoms with Gasteiger partial charge in [-0.25, -0.2) is 0 Å². The molecule has 0 fully saturated rings. The SMILES string of the molecule is O=[C]([Sn])c1cccc2ccccc12. The molecule has 2 aromatic carbocycles. The first-order chi connectivity index (χ1) is 6.29. The number of hydrogen-bond acceptors (Lipinski definition) is 1. The van der Waals surface area contributed by atoms with Gasteiger partial charge in [-0.2, -0.15) is 0 Å². The topological polar surface area (TPSA) is 17.1 Å². The number of carbonyl (C=O) groups is 1. The fourth-order valence-corrected chi connectivity index (χ4v) is 2.05. The molecule has 2 rings (SSSR count). The van der Waals surface area contributed by atoms with Crippen molar-refractivity contribution in [3.63, 3.8) is 0 Å². The summed E-state index contributed by atoms with van der Waals surface area (Å²) in [6.45, 7) is 0. The Labute approximate surface area is 89.8 Å². The molecule has 0 bridgehead atoms. The minimum absolute atomic E-state index is 0.212. The molecule has 0 atom stereocenters. The summed E-state index contributed by atoms with van der Waals surface area (Å²) in [6, 6.07) is 13.8. The fraction of sp³-hybridized carbons (Fsp3) is 0. The van der Waals surface area contributed by atoms with Crippen molar-refractivity contribution in [2.24, 2.45) is 0 Å². The molecule has 0 spiro atoms. The molecule has 1 nitrogen and oxygen atoms in total. The number of benzene rings is 2. The predicted molar refractivity (Wildman–Crippen MR) is 54.0 cm³/mol. The number of hydrogen-bond donors (Lipinski definition) is 0. The van der Waals surface area contributed by atoms with E-state index in [0.717, 1.165) is 38.9 Å². The molecular formula is C11H7OSn. The van der Waals surface area contributed by atoms with Gasteiger partial charge in [-0.05, 0) is 0 Å². The molecule has 0 aliphatic carbocycles. The second kappa shape index (κ2) is 3.50. The van der Waals surface area contributed by atoms with E-state index in [2.05, 4.69) is 0 Å². The average Bonchev–Trinajstić information content (AvgIpc) is 2.17. The number of carbonyl (C=O) groups excluding carboxylic acids is 1. The Hall–Kier alpha value is -0.831. The van der Waals surface area contributed by atoms with Gasteiger partial charge in [0.05, 0.1) is 0 Å². The second-order valence-electron chi connectivity index (χ2n) is 2.86. The van der Waals surface area contributed by atoms with Crippen LogP contribution in [-0.2, 0) is 0 Å². The van der Waals surface area contributed by atoms with E-state index in [0.29, 0.717) is 0 Å². The first-order valence-corrected chi connectivity index (χ1v) is 5.45. The van der Waals surface area contributed by atoms with Crippen LogP contribution in [0.4, 0.5) is 0 Å². The molecule has 2 aromatic rings. The van der Waals surface area contributed by atoms with Crippen molar-refractivity contribution in [3.05, 3.63) is 48.0 Å². The molecule has 0 saturated carbocycles. The predicted octanol–water partition coefficient (Wildman–Crippen LogP) is 2.15. The molecule has 0 aliphatic rings. The van der Waals surface area contributed by atoms with E-state index in [1.54, 1.807) is 0 Å². The van der Waals surface area contributed by atoms with Crippen LogP contribution in [0.2, 0.25) is 0 Å². The maximum atomic E-state index is 11.3. The van der Waals surface area contributed by atoms with Gasteiger partial charge in [-0.1, -0.05) is 0 Å². The molecule has 0 aromatic heterocycles. The van der Waals surface area contributed by atoms with E-state index in [-0.39, 0.29) is 3.80 Å². The zero-order valence-corrected chi connectivity index (χ0v) is 9.80. The van der Waals surface area contributed by atoms with Gasteiger partial charge >= 0.3 is 89.9 Å². The van der Waals surface area contributed by atoms with Crippen LogP contribution in [0.3, 0.4) is 0 Å². The zero-order chi connectivity index (χ0) is 9.26. The minimum atomic E-state index is 0.212. The van der Waals surface area contributed by atoms with Crippen molar-refractivity contribution in [2.75, 3.05) is 0 Å². The molecule has 2 heteroatoms. The standard InChI is InChI=1S/C11H7O.Sn/c12-8-10-6-3-5-9-4-1-2-7-11(9)10;/h1-7H;. The summed E-state index contributed by atoms with van der Waals surface area (Å²) in [6.07, 6.45) is 0. The van der Waals surface area contributed by atoms with E-state index in [9.17, 15) is 4.79 Å². The van der Waals surface area contributed by atoms with Gasteiger partial charge < -0.3 is 0 Å². The van der Waals surface area contributed by atoms with Crippen molar-refractivity contribution in [1.29, 1.82) is 0 Å². The summed E-state index contributed by atoms with van der Waals surface area (Å²) in [5, 5.41) is 2.20. The Balaban J connectivity index is 2.83. The summed E-state index contributed by atoms with van der Waals surface area (Å²) in [7, 11) is 0. The van der Waals surface area contributed by atoms with Gasteiger partial charge in [-0.15, -0.1) is 0 Å². The van der Waals surface area contributed by atoms with Crippen LogP contribution in [0.5, 0.6) is 0 Å². The molecule has 0 heterocycles. The first-order valence-electron chi connectivity index (χ1n) is 4.03. The summed E-state index contributed by atoms with van der Waals surface area (Å²) < 4.78 is 0.212. The van der Waals surface area contributed by atoms with Gasteiger partial charge in [0.15, 0.2) is 0 Å². The molecule has 3 radical (unpaired) electrons. The van der Waals surface area contributed by atoms with Crippen molar-refractivity contribution in [3.8, 4) is 0 Å². The third-order valence-electron chi connectivity index (χ3n) is 2.03. The summed E-state index contributed by atoms with van der Waals surface area (Å²) >= 11 is 0.943. The van der Waals surface area contributed by atoms with E-state index in [1.165, 1.54) is 0 Å². The molecule has 0 aliphatic heterocycles. The third-order valence-corrected chi connectivity index (χ3v) is 2.80. The molecule has 13 heavy (non-hydrogen) atoms. The molecule has 0 N–H and O–H groups in total. The van der Waals surface area contributed by atoms with Crippen LogP contribution >= 0.6 is 0 Å². The molecular weight excluding hydrogens is 267 g/mol. The Bertz CT molecular complexity index is 457. The van der Waals surface area contributed by atoms with Crippen LogP contribution in [-0.4, -0.2) is 26.3 Å². The van der Waals surface area contributed by atoms with E-state index < -0.39 is 0 Å². The van der Waals surface area contributed by atoms with E-state index in [1.807, 2.05) is 42.5 Å². The van der Waals surface area contributed by atoms with Crippen LogP contribution in [0.15, 0.2) is 42.5 Å². The maximum absolute atomic E-state index is 11.3.